The Kier molecular flexibility index (Phi) is 7.80. The van der Waals surface area contributed by atoms with Gasteiger partial charge in [0.1, 0.15) is 6.04 Å². The number of likely N-dealkylation sites (N-methyl/N-ethyl adjacent to an activating group) is 1. The lowest BCUT2D eigenvalue weighted by Crippen LogP contribution is -2.50. The van der Waals surface area contributed by atoms with E-state index in [-0.39, 0.29) is 30.5 Å². The number of amides is 1. The molecule has 1 saturated heterocycles. The van der Waals surface area contributed by atoms with Gasteiger partial charge in [0.2, 0.25) is 5.91 Å². The average Bonchev–Trinajstić information content (AvgIpc) is 2.86. The second-order valence-corrected chi connectivity index (χ2v) is 9.22. The average molecular weight is 524 g/mol. The van der Waals surface area contributed by atoms with Gasteiger partial charge in [0.15, 0.2) is 0 Å². The summed E-state index contributed by atoms with van der Waals surface area (Å²) in [5.74, 6) is -0.264. The summed E-state index contributed by atoms with van der Waals surface area (Å²) in [6.45, 7) is 2.62. The summed E-state index contributed by atoms with van der Waals surface area (Å²) >= 11 is 0. The Morgan fingerprint density at radius 3 is 2.08 bits per heavy atom. The summed E-state index contributed by atoms with van der Waals surface area (Å²) in [4.78, 5) is 17.1. The van der Waals surface area contributed by atoms with E-state index in [1.54, 1.807) is 0 Å². The maximum Gasteiger partial charge on any atom is 0.416 e. The van der Waals surface area contributed by atoms with E-state index in [1.165, 1.54) is 11.9 Å². The SMILES string of the molecule is CN(CCc1cc(C(F)(F)F)cc(C(F)(F)F)c1)C(=O)C(c1ccc2ccccc2c1)N1CCNCC1. The van der Waals surface area contributed by atoms with E-state index >= 15 is 0 Å². The molecule has 1 amide bonds. The van der Waals surface area contributed by atoms with E-state index in [1.807, 2.05) is 47.4 Å². The van der Waals surface area contributed by atoms with Gasteiger partial charge in [-0.25, -0.2) is 0 Å². The lowest BCUT2D eigenvalue weighted by atomic mass is 9.98. The van der Waals surface area contributed by atoms with Gasteiger partial charge in [0.25, 0.3) is 0 Å². The quantitative estimate of drug-likeness (QED) is 0.432. The van der Waals surface area contributed by atoms with E-state index in [9.17, 15) is 31.1 Å². The fourth-order valence-corrected chi connectivity index (χ4v) is 4.61. The van der Waals surface area contributed by atoms with Crippen LogP contribution in [0.5, 0.6) is 0 Å². The minimum atomic E-state index is -4.92. The van der Waals surface area contributed by atoms with Gasteiger partial charge < -0.3 is 10.2 Å². The standard InChI is InChI=1S/C27H27F6N3O/c1-35(11-8-18-14-22(26(28,29)30)17-23(15-18)27(31,32)33)25(37)24(36-12-9-34-10-13-36)21-7-6-19-4-2-3-5-20(19)16-21/h2-7,14-17,24,34H,8-13H2,1H3. The smallest absolute Gasteiger partial charge is 0.344 e. The summed E-state index contributed by atoms with van der Waals surface area (Å²) < 4.78 is 79.4. The number of carbonyl (C=O) groups is 1. The molecule has 0 aliphatic carbocycles. The highest BCUT2D eigenvalue weighted by Gasteiger charge is 2.37. The van der Waals surface area contributed by atoms with Crippen LogP contribution >= 0.6 is 0 Å². The molecule has 1 heterocycles. The summed E-state index contributed by atoms with van der Waals surface area (Å²) in [5, 5.41) is 5.25. The van der Waals surface area contributed by atoms with E-state index in [4.69, 9.17) is 0 Å². The van der Waals surface area contributed by atoms with Crippen LogP contribution in [0.15, 0.2) is 60.7 Å². The molecule has 0 radical (unpaired) electrons. The maximum absolute atomic E-state index is 13.7. The Morgan fingerprint density at radius 1 is 0.892 bits per heavy atom. The summed E-state index contributed by atoms with van der Waals surface area (Å²) in [7, 11) is 1.52. The fourth-order valence-electron chi connectivity index (χ4n) is 4.61. The number of halogens is 6. The molecule has 3 aromatic carbocycles. The number of carbonyl (C=O) groups excluding carboxylic acids is 1. The first-order valence-electron chi connectivity index (χ1n) is 11.9. The third-order valence-electron chi connectivity index (χ3n) is 6.60. The van der Waals surface area contributed by atoms with Crippen LogP contribution in [0, 0.1) is 0 Å². The van der Waals surface area contributed by atoms with Crippen molar-refractivity contribution in [2.45, 2.75) is 24.8 Å². The molecule has 0 saturated carbocycles. The zero-order chi connectivity index (χ0) is 26.8. The second kappa shape index (κ2) is 10.7. The summed E-state index contributed by atoms with van der Waals surface area (Å²) in [6.07, 6.45) is -9.98. The maximum atomic E-state index is 13.7. The monoisotopic (exact) mass is 523 g/mol. The molecule has 0 spiro atoms. The minimum absolute atomic E-state index is 0.0341. The summed E-state index contributed by atoms with van der Waals surface area (Å²) in [5.41, 5.74) is -2.07. The Bertz CT molecular complexity index is 1220. The van der Waals surface area contributed by atoms with Crippen molar-refractivity contribution < 1.29 is 31.1 Å². The first-order valence-corrected chi connectivity index (χ1v) is 11.9. The third-order valence-corrected chi connectivity index (χ3v) is 6.60. The molecule has 1 aliphatic heterocycles. The predicted molar refractivity (Wildman–Crippen MR) is 129 cm³/mol. The molecule has 10 heteroatoms. The lowest BCUT2D eigenvalue weighted by molar-refractivity contribution is -0.143. The number of nitrogens with one attached hydrogen (secondary N) is 1. The Hall–Kier alpha value is -3.11. The molecule has 1 fully saturated rings. The number of benzene rings is 3. The third kappa shape index (κ3) is 6.42. The van der Waals surface area contributed by atoms with Crippen molar-refractivity contribution in [3.05, 3.63) is 82.9 Å². The molecule has 198 valence electrons. The van der Waals surface area contributed by atoms with Gasteiger partial charge in [0.05, 0.1) is 11.1 Å². The van der Waals surface area contributed by atoms with Crippen LogP contribution < -0.4 is 5.32 Å². The van der Waals surface area contributed by atoms with Crippen molar-refractivity contribution in [2.24, 2.45) is 0 Å². The van der Waals surface area contributed by atoms with Crippen LogP contribution in [0.3, 0.4) is 0 Å². The lowest BCUT2D eigenvalue weighted by Gasteiger charge is -2.36. The Morgan fingerprint density at radius 2 is 1.49 bits per heavy atom. The van der Waals surface area contributed by atoms with Crippen molar-refractivity contribution in [1.82, 2.24) is 15.1 Å². The number of hydrogen-bond acceptors (Lipinski definition) is 3. The molecule has 4 rings (SSSR count). The van der Waals surface area contributed by atoms with E-state index in [0.717, 1.165) is 16.3 Å². The van der Waals surface area contributed by atoms with E-state index in [0.29, 0.717) is 38.3 Å². The van der Waals surface area contributed by atoms with Gasteiger partial charge in [-0.2, -0.15) is 26.3 Å². The van der Waals surface area contributed by atoms with Crippen LogP contribution in [0.25, 0.3) is 10.8 Å². The van der Waals surface area contributed by atoms with Crippen molar-refractivity contribution >= 4 is 16.7 Å². The molecule has 1 N–H and O–H groups in total. The molecule has 0 aromatic heterocycles. The zero-order valence-corrected chi connectivity index (χ0v) is 20.2. The minimum Gasteiger partial charge on any atom is -0.344 e. The zero-order valence-electron chi connectivity index (χ0n) is 20.2. The molecule has 1 unspecified atom stereocenters. The number of rotatable bonds is 6. The molecular weight excluding hydrogens is 496 g/mol. The van der Waals surface area contributed by atoms with Gasteiger partial charge in [-0.05, 0) is 52.6 Å². The fraction of sp³-hybridized carbons (Fsp3) is 0.370. The molecule has 3 aromatic rings. The van der Waals surface area contributed by atoms with Crippen molar-refractivity contribution in [3.8, 4) is 0 Å². The van der Waals surface area contributed by atoms with Crippen LogP contribution in [-0.2, 0) is 23.6 Å². The molecule has 1 atom stereocenters. The largest absolute Gasteiger partial charge is 0.416 e. The van der Waals surface area contributed by atoms with Gasteiger partial charge in [-0.1, -0.05) is 36.4 Å². The molecule has 37 heavy (non-hydrogen) atoms. The van der Waals surface area contributed by atoms with Gasteiger partial charge in [-0.15, -0.1) is 0 Å². The predicted octanol–water partition coefficient (Wildman–Crippen LogP) is 5.52. The Balaban J connectivity index is 1.58. The van der Waals surface area contributed by atoms with Crippen LogP contribution in [0.4, 0.5) is 26.3 Å². The first-order chi connectivity index (χ1) is 17.4. The van der Waals surface area contributed by atoms with E-state index in [2.05, 4.69) is 5.32 Å². The summed E-state index contributed by atoms with van der Waals surface area (Å²) in [6, 6.07) is 14.5. The second-order valence-electron chi connectivity index (χ2n) is 9.22. The number of alkyl halides is 6. The highest BCUT2D eigenvalue weighted by atomic mass is 19.4. The highest BCUT2D eigenvalue weighted by molar-refractivity contribution is 5.87. The topological polar surface area (TPSA) is 35.6 Å². The van der Waals surface area contributed by atoms with Crippen molar-refractivity contribution in [2.75, 3.05) is 39.8 Å². The number of fused-ring (bicyclic) bond motifs is 1. The normalized spacial score (nSPS) is 16.1. The molecule has 4 nitrogen and oxygen atoms in total. The van der Waals surface area contributed by atoms with Gasteiger partial charge in [0, 0.05) is 39.8 Å². The molecule has 1 aliphatic rings. The van der Waals surface area contributed by atoms with Crippen LogP contribution in [-0.4, -0.2) is 55.5 Å². The van der Waals surface area contributed by atoms with E-state index < -0.39 is 29.5 Å². The molecular formula is C27H27F6N3O. The van der Waals surface area contributed by atoms with Crippen molar-refractivity contribution in [1.29, 1.82) is 0 Å². The molecule has 0 bridgehead atoms. The van der Waals surface area contributed by atoms with Crippen molar-refractivity contribution in [3.63, 3.8) is 0 Å². The number of piperazine rings is 1. The first kappa shape index (κ1) is 26.9. The Labute approximate surface area is 210 Å². The highest BCUT2D eigenvalue weighted by Crippen LogP contribution is 2.36. The van der Waals surface area contributed by atoms with Crippen LogP contribution in [0.2, 0.25) is 0 Å². The number of hydrogen-bond donors (Lipinski definition) is 1. The van der Waals surface area contributed by atoms with Crippen LogP contribution in [0.1, 0.15) is 28.3 Å². The number of nitrogens with zero attached hydrogens (tertiary/aromatic N) is 2. The van der Waals surface area contributed by atoms with Gasteiger partial charge >= 0.3 is 12.4 Å². The van der Waals surface area contributed by atoms with Gasteiger partial charge in [-0.3, -0.25) is 9.69 Å².